The molecule has 4 heteroatoms. The third kappa shape index (κ3) is 3.18. The Bertz CT molecular complexity index is 310. The van der Waals surface area contributed by atoms with Crippen LogP contribution in [0.1, 0.15) is 12.8 Å². The fourth-order valence-corrected chi connectivity index (χ4v) is 2.25. The van der Waals surface area contributed by atoms with Crippen LogP contribution in [0.25, 0.3) is 0 Å². The summed E-state index contributed by atoms with van der Waals surface area (Å²) in [4.78, 5) is 6.76. The Morgan fingerprint density at radius 1 is 1.40 bits per heavy atom. The summed E-state index contributed by atoms with van der Waals surface area (Å²) in [5, 5.41) is 3.34. The zero-order valence-corrected chi connectivity index (χ0v) is 10.3. The molecule has 82 valence electrons. The predicted octanol–water partition coefficient (Wildman–Crippen LogP) is 2.35. The van der Waals surface area contributed by atoms with Crippen LogP contribution >= 0.6 is 15.9 Å². The molecular weight excluding hydrogens is 254 g/mol. The second-order valence-electron chi connectivity index (χ2n) is 3.81. The lowest BCUT2D eigenvalue weighted by molar-refractivity contribution is 0.352. The number of halogens is 1. The molecule has 1 aromatic heterocycles. The van der Waals surface area contributed by atoms with E-state index >= 15 is 0 Å². The molecule has 3 nitrogen and oxygen atoms in total. The number of aromatic nitrogens is 1. The van der Waals surface area contributed by atoms with Crippen molar-refractivity contribution in [2.75, 3.05) is 31.5 Å². The molecule has 0 amide bonds. The number of hydrogen-bond acceptors (Lipinski definition) is 3. The molecule has 0 radical (unpaired) electrons. The quantitative estimate of drug-likeness (QED) is 0.910. The molecule has 0 saturated carbocycles. The van der Waals surface area contributed by atoms with Gasteiger partial charge in [0, 0.05) is 19.3 Å². The molecule has 1 fully saturated rings. The topological polar surface area (TPSA) is 28.2 Å². The minimum absolute atomic E-state index is 0.941. The Labute approximate surface area is 99.0 Å². The van der Waals surface area contributed by atoms with Crippen LogP contribution in [0, 0.1) is 0 Å². The van der Waals surface area contributed by atoms with Crippen molar-refractivity contribution < 1.29 is 0 Å². The van der Waals surface area contributed by atoms with Crippen molar-refractivity contribution in [3.05, 3.63) is 22.8 Å². The molecule has 0 unspecified atom stereocenters. The summed E-state index contributed by atoms with van der Waals surface area (Å²) in [7, 11) is 0. The van der Waals surface area contributed by atoms with Crippen LogP contribution in [0.15, 0.2) is 22.8 Å². The Balaban J connectivity index is 1.75. The smallest absolute Gasteiger partial charge is 0.140 e. The highest BCUT2D eigenvalue weighted by Gasteiger charge is 2.10. The lowest BCUT2D eigenvalue weighted by Gasteiger charge is -2.15. The summed E-state index contributed by atoms with van der Waals surface area (Å²) in [5.74, 6) is 0.941. The average Bonchev–Trinajstić information content (AvgIpc) is 2.74. The first-order chi connectivity index (χ1) is 7.36. The van der Waals surface area contributed by atoms with Crippen LogP contribution in [0.5, 0.6) is 0 Å². The normalized spacial score (nSPS) is 16.9. The molecule has 15 heavy (non-hydrogen) atoms. The van der Waals surface area contributed by atoms with Crippen LogP contribution in [0.4, 0.5) is 5.82 Å². The van der Waals surface area contributed by atoms with Gasteiger partial charge in [-0.2, -0.15) is 0 Å². The van der Waals surface area contributed by atoms with Gasteiger partial charge in [0.1, 0.15) is 5.82 Å². The SMILES string of the molecule is Brc1cccnc1NCCN1CCCC1. The molecule has 1 saturated heterocycles. The number of likely N-dealkylation sites (tertiary alicyclic amines) is 1. The van der Waals surface area contributed by atoms with Gasteiger partial charge in [0.25, 0.3) is 0 Å². The first-order valence-electron chi connectivity index (χ1n) is 5.43. The molecule has 0 aliphatic carbocycles. The number of hydrogen-bond donors (Lipinski definition) is 1. The van der Waals surface area contributed by atoms with Gasteiger partial charge in [0.05, 0.1) is 4.47 Å². The monoisotopic (exact) mass is 269 g/mol. The lowest BCUT2D eigenvalue weighted by atomic mass is 10.4. The van der Waals surface area contributed by atoms with Gasteiger partial charge in [0.2, 0.25) is 0 Å². The molecule has 1 aromatic rings. The highest BCUT2D eigenvalue weighted by Crippen LogP contribution is 2.17. The second kappa shape index (κ2) is 5.47. The zero-order valence-electron chi connectivity index (χ0n) is 8.75. The number of anilines is 1. The van der Waals surface area contributed by atoms with Crippen LogP contribution in [0.3, 0.4) is 0 Å². The lowest BCUT2D eigenvalue weighted by Crippen LogP contribution is -2.26. The van der Waals surface area contributed by atoms with Crippen LogP contribution in [-0.4, -0.2) is 36.1 Å². The minimum Gasteiger partial charge on any atom is -0.368 e. The van der Waals surface area contributed by atoms with Crippen molar-refractivity contribution in [3.63, 3.8) is 0 Å². The molecule has 0 bridgehead atoms. The van der Waals surface area contributed by atoms with E-state index in [2.05, 4.69) is 31.1 Å². The van der Waals surface area contributed by atoms with Crippen molar-refractivity contribution in [1.82, 2.24) is 9.88 Å². The molecule has 0 spiro atoms. The fraction of sp³-hybridized carbons (Fsp3) is 0.545. The number of rotatable bonds is 4. The zero-order chi connectivity index (χ0) is 10.5. The van der Waals surface area contributed by atoms with E-state index < -0.39 is 0 Å². The van der Waals surface area contributed by atoms with E-state index in [1.807, 2.05) is 18.3 Å². The van der Waals surface area contributed by atoms with Gasteiger partial charge in [-0.05, 0) is 54.0 Å². The van der Waals surface area contributed by atoms with Crippen LogP contribution < -0.4 is 5.32 Å². The molecule has 1 N–H and O–H groups in total. The van der Waals surface area contributed by atoms with E-state index in [0.717, 1.165) is 23.4 Å². The van der Waals surface area contributed by atoms with Crippen LogP contribution in [-0.2, 0) is 0 Å². The van der Waals surface area contributed by atoms with E-state index in [1.54, 1.807) is 0 Å². The summed E-state index contributed by atoms with van der Waals surface area (Å²) in [5.41, 5.74) is 0. The Morgan fingerprint density at radius 3 is 2.93 bits per heavy atom. The van der Waals surface area contributed by atoms with E-state index in [0.29, 0.717) is 0 Å². The summed E-state index contributed by atoms with van der Waals surface area (Å²) >= 11 is 3.47. The summed E-state index contributed by atoms with van der Waals surface area (Å²) in [6, 6.07) is 3.93. The van der Waals surface area contributed by atoms with Crippen molar-refractivity contribution in [2.45, 2.75) is 12.8 Å². The van der Waals surface area contributed by atoms with E-state index in [-0.39, 0.29) is 0 Å². The van der Waals surface area contributed by atoms with Gasteiger partial charge in [-0.3, -0.25) is 0 Å². The van der Waals surface area contributed by atoms with Gasteiger partial charge in [-0.1, -0.05) is 0 Å². The maximum atomic E-state index is 4.27. The average molecular weight is 270 g/mol. The van der Waals surface area contributed by atoms with Crippen molar-refractivity contribution in [2.24, 2.45) is 0 Å². The highest BCUT2D eigenvalue weighted by atomic mass is 79.9. The van der Waals surface area contributed by atoms with Crippen molar-refractivity contribution in [3.8, 4) is 0 Å². The first-order valence-corrected chi connectivity index (χ1v) is 6.22. The van der Waals surface area contributed by atoms with Gasteiger partial charge >= 0.3 is 0 Å². The van der Waals surface area contributed by atoms with Crippen LogP contribution in [0.2, 0.25) is 0 Å². The van der Waals surface area contributed by atoms with E-state index in [4.69, 9.17) is 0 Å². The first kappa shape index (κ1) is 10.9. The van der Waals surface area contributed by atoms with E-state index in [1.165, 1.54) is 25.9 Å². The predicted molar refractivity (Wildman–Crippen MR) is 66.1 cm³/mol. The van der Waals surface area contributed by atoms with Gasteiger partial charge in [0.15, 0.2) is 0 Å². The molecule has 1 aliphatic heterocycles. The molecular formula is C11H16BrN3. The van der Waals surface area contributed by atoms with Crippen molar-refractivity contribution >= 4 is 21.7 Å². The number of pyridine rings is 1. The summed E-state index contributed by atoms with van der Waals surface area (Å²) in [6.07, 6.45) is 4.52. The Kier molecular flexibility index (Phi) is 3.97. The maximum absolute atomic E-state index is 4.27. The van der Waals surface area contributed by atoms with E-state index in [9.17, 15) is 0 Å². The summed E-state index contributed by atoms with van der Waals surface area (Å²) in [6.45, 7) is 4.59. The molecule has 0 aromatic carbocycles. The fourth-order valence-electron chi connectivity index (χ4n) is 1.85. The molecule has 0 atom stereocenters. The molecule has 1 aliphatic rings. The standard InChI is InChI=1S/C11H16BrN3/c12-10-4-3-5-13-11(10)14-6-9-15-7-1-2-8-15/h3-5H,1-2,6-9H2,(H,13,14). The molecule has 2 rings (SSSR count). The highest BCUT2D eigenvalue weighted by molar-refractivity contribution is 9.10. The largest absolute Gasteiger partial charge is 0.368 e. The second-order valence-corrected chi connectivity index (χ2v) is 4.66. The Morgan fingerprint density at radius 2 is 2.20 bits per heavy atom. The van der Waals surface area contributed by atoms with Gasteiger partial charge < -0.3 is 10.2 Å². The summed E-state index contributed by atoms with van der Waals surface area (Å²) < 4.78 is 1.03. The third-order valence-corrected chi connectivity index (χ3v) is 3.32. The van der Waals surface area contributed by atoms with Gasteiger partial charge in [-0.15, -0.1) is 0 Å². The Hall–Kier alpha value is -0.610. The maximum Gasteiger partial charge on any atom is 0.140 e. The molecule has 2 heterocycles. The third-order valence-electron chi connectivity index (χ3n) is 2.68. The van der Waals surface area contributed by atoms with Crippen molar-refractivity contribution in [1.29, 1.82) is 0 Å². The minimum atomic E-state index is 0.941. The van der Waals surface area contributed by atoms with Gasteiger partial charge in [-0.25, -0.2) is 4.98 Å². The number of nitrogens with zero attached hydrogens (tertiary/aromatic N) is 2. The number of nitrogens with one attached hydrogen (secondary N) is 1.